The maximum atomic E-state index is 12.1. The molecular weight excluding hydrogens is 266 g/mol. The average molecular weight is 289 g/mol. The predicted octanol–water partition coefficient (Wildman–Crippen LogP) is 2.27. The first-order chi connectivity index (χ1) is 9.94. The van der Waals surface area contributed by atoms with Crippen LogP contribution in [-0.2, 0) is 9.59 Å². The molecule has 2 amide bonds. The summed E-state index contributed by atoms with van der Waals surface area (Å²) in [5, 5.41) is 2.83. The van der Waals surface area contributed by atoms with Gasteiger partial charge in [-0.2, -0.15) is 0 Å². The summed E-state index contributed by atoms with van der Waals surface area (Å²) in [5.41, 5.74) is 6.71. The lowest BCUT2D eigenvalue weighted by molar-refractivity contribution is -0.121. The minimum absolute atomic E-state index is 0.157. The van der Waals surface area contributed by atoms with Crippen LogP contribution in [0, 0.1) is 0 Å². The van der Waals surface area contributed by atoms with Gasteiger partial charge in [-0.1, -0.05) is 13.3 Å². The topological polar surface area (TPSA) is 75.4 Å². The molecule has 0 aromatic heterocycles. The van der Waals surface area contributed by atoms with Gasteiger partial charge in [0.1, 0.15) is 0 Å². The highest BCUT2D eigenvalue weighted by molar-refractivity contribution is 5.98. The number of anilines is 2. The van der Waals surface area contributed by atoms with Gasteiger partial charge in [-0.05, 0) is 44.0 Å². The van der Waals surface area contributed by atoms with Gasteiger partial charge in [-0.25, -0.2) is 0 Å². The Bertz CT molecular complexity index is 523. The van der Waals surface area contributed by atoms with Crippen molar-refractivity contribution < 1.29 is 9.59 Å². The molecule has 1 aromatic carbocycles. The van der Waals surface area contributed by atoms with Crippen LogP contribution in [0.2, 0.25) is 0 Å². The number of hydrogen-bond donors (Lipinski definition) is 2. The third-order valence-electron chi connectivity index (χ3n) is 3.80. The van der Waals surface area contributed by atoms with Crippen LogP contribution in [0.4, 0.5) is 11.4 Å². The number of amides is 2. The Morgan fingerprint density at radius 3 is 2.57 bits per heavy atom. The van der Waals surface area contributed by atoms with Crippen LogP contribution in [0.15, 0.2) is 24.3 Å². The Labute approximate surface area is 125 Å². The van der Waals surface area contributed by atoms with E-state index in [2.05, 4.69) is 5.32 Å². The summed E-state index contributed by atoms with van der Waals surface area (Å²) in [7, 11) is 0. The van der Waals surface area contributed by atoms with Gasteiger partial charge in [0.2, 0.25) is 11.8 Å². The molecule has 0 radical (unpaired) electrons. The number of rotatable bonds is 5. The van der Waals surface area contributed by atoms with E-state index in [4.69, 9.17) is 5.73 Å². The zero-order chi connectivity index (χ0) is 15.5. The van der Waals surface area contributed by atoms with Crippen molar-refractivity contribution in [3.05, 3.63) is 24.3 Å². The number of carbonyl (C=O) groups is 2. The van der Waals surface area contributed by atoms with E-state index in [0.717, 1.165) is 25.1 Å². The molecule has 0 aliphatic carbocycles. The van der Waals surface area contributed by atoms with Gasteiger partial charge in [0.05, 0.1) is 5.54 Å². The van der Waals surface area contributed by atoms with Crippen molar-refractivity contribution in [2.45, 2.75) is 45.1 Å². The lowest BCUT2D eigenvalue weighted by Crippen LogP contribution is -2.48. The van der Waals surface area contributed by atoms with Crippen LogP contribution >= 0.6 is 0 Å². The Morgan fingerprint density at radius 2 is 2.05 bits per heavy atom. The number of nitrogens with one attached hydrogen (secondary N) is 1. The van der Waals surface area contributed by atoms with Crippen LogP contribution in [-0.4, -0.2) is 23.9 Å². The molecule has 1 aliphatic heterocycles. The molecule has 1 heterocycles. The predicted molar refractivity (Wildman–Crippen MR) is 84.2 cm³/mol. The molecule has 0 bridgehead atoms. The molecule has 21 heavy (non-hydrogen) atoms. The van der Waals surface area contributed by atoms with Crippen molar-refractivity contribution in [1.82, 2.24) is 0 Å². The molecule has 5 nitrogen and oxygen atoms in total. The first-order valence-electron chi connectivity index (χ1n) is 7.45. The maximum absolute atomic E-state index is 12.1. The minimum atomic E-state index is -0.863. The molecule has 0 saturated carbocycles. The average Bonchev–Trinajstić information content (AvgIpc) is 2.86. The highest BCUT2D eigenvalue weighted by Crippen LogP contribution is 2.23. The first kappa shape index (κ1) is 15.5. The number of benzene rings is 1. The van der Waals surface area contributed by atoms with Crippen molar-refractivity contribution in [2.75, 3.05) is 16.8 Å². The number of nitrogens with two attached hydrogens (primary N) is 1. The van der Waals surface area contributed by atoms with Crippen molar-refractivity contribution in [1.29, 1.82) is 0 Å². The van der Waals surface area contributed by atoms with E-state index in [0.29, 0.717) is 18.5 Å². The summed E-state index contributed by atoms with van der Waals surface area (Å²) >= 11 is 0. The molecule has 0 spiro atoms. The summed E-state index contributed by atoms with van der Waals surface area (Å²) in [4.78, 5) is 25.6. The summed E-state index contributed by atoms with van der Waals surface area (Å²) in [6.07, 6.45) is 3.01. The fraction of sp³-hybridized carbons (Fsp3) is 0.500. The number of hydrogen-bond acceptors (Lipinski definition) is 3. The van der Waals surface area contributed by atoms with E-state index in [9.17, 15) is 9.59 Å². The monoisotopic (exact) mass is 289 g/mol. The summed E-state index contributed by atoms with van der Waals surface area (Å²) in [6.45, 7) is 4.51. The summed E-state index contributed by atoms with van der Waals surface area (Å²) in [6, 6.07) is 7.32. The summed E-state index contributed by atoms with van der Waals surface area (Å²) < 4.78 is 0. The van der Waals surface area contributed by atoms with Gasteiger partial charge < -0.3 is 16.0 Å². The zero-order valence-corrected chi connectivity index (χ0v) is 12.7. The SMILES string of the molecule is CCCC(C)(N)C(=O)Nc1ccc(N2CCCC2=O)cc1. The third-order valence-corrected chi connectivity index (χ3v) is 3.80. The van der Waals surface area contributed by atoms with Crippen molar-refractivity contribution in [2.24, 2.45) is 5.73 Å². The number of carbonyl (C=O) groups excluding carboxylic acids is 2. The van der Waals surface area contributed by atoms with Gasteiger partial charge in [0.25, 0.3) is 0 Å². The fourth-order valence-corrected chi connectivity index (χ4v) is 2.55. The van der Waals surface area contributed by atoms with Gasteiger partial charge in [-0.15, -0.1) is 0 Å². The van der Waals surface area contributed by atoms with E-state index in [-0.39, 0.29) is 11.8 Å². The standard InChI is InChI=1S/C16H23N3O2/c1-3-10-16(2,17)15(21)18-12-6-8-13(9-7-12)19-11-4-5-14(19)20/h6-9H,3-5,10-11,17H2,1-2H3,(H,18,21). The molecule has 1 fully saturated rings. The van der Waals surface area contributed by atoms with Crippen LogP contribution < -0.4 is 16.0 Å². The second-order valence-corrected chi connectivity index (χ2v) is 5.82. The number of nitrogens with zero attached hydrogens (tertiary/aromatic N) is 1. The van der Waals surface area contributed by atoms with Crippen LogP contribution in [0.3, 0.4) is 0 Å². The zero-order valence-electron chi connectivity index (χ0n) is 12.7. The van der Waals surface area contributed by atoms with E-state index >= 15 is 0 Å². The first-order valence-corrected chi connectivity index (χ1v) is 7.45. The highest BCUT2D eigenvalue weighted by atomic mass is 16.2. The Kier molecular flexibility index (Phi) is 4.63. The highest BCUT2D eigenvalue weighted by Gasteiger charge is 2.27. The lowest BCUT2D eigenvalue weighted by Gasteiger charge is -2.23. The molecule has 1 atom stereocenters. The fourth-order valence-electron chi connectivity index (χ4n) is 2.55. The minimum Gasteiger partial charge on any atom is -0.325 e. The van der Waals surface area contributed by atoms with Crippen molar-refractivity contribution in [3.63, 3.8) is 0 Å². The molecular formula is C16H23N3O2. The van der Waals surface area contributed by atoms with Crippen LogP contribution in [0.1, 0.15) is 39.5 Å². The largest absolute Gasteiger partial charge is 0.325 e. The van der Waals surface area contributed by atoms with Crippen molar-refractivity contribution >= 4 is 23.2 Å². The van der Waals surface area contributed by atoms with Crippen LogP contribution in [0.5, 0.6) is 0 Å². The van der Waals surface area contributed by atoms with Gasteiger partial charge in [0, 0.05) is 24.3 Å². The second-order valence-electron chi connectivity index (χ2n) is 5.82. The van der Waals surface area contributed by atoms with Crippen LogP contribution in [0.25, 0.3) is 0 Å². The Morgan fingerprint density at radius 1 is 1.38 bits per heavy atom. The molecule has 1 aromatic rings. The smallest absolute Gasteiger partial charge is 0.244 e. The Balaban J connectivity index is 2.02. The second kappa shape index (κ2) is 6.26. The quantitative estimate of drug-likeness (QED) is 0.873. The van der Waals surface area contributed by atoms with E-state index < -0.39 is 5.54 Å². The molecule has 1 saturated heterocycles. The van der Waals surface area contributed by atoms with Crippen molar-refractivity contribution in [3.8, 4) is 0 Å². The van der Waals surface area contributed by atoms with Gasteiger partial charge in [-0.3, -0.25) is 9.59 Å². The van der Waals surface area contributed by atoms with E-state index in [1.165, 1.54) is 0 Å². The third kappa shape index (κ3) is 3.61. The van der Waals surface area contributed by atoms with E-state index in [1.54, 1.807) is 24.0 Å². The molecule has 3 N–H and O–H groups in total. The van der Waals surface area contributed by atoms with E-state index in [1.807, 2.05) is 19.1 Å². The lowest BCUT2D eigenvalue weighted by atomic mass is 9.96. The molecule has 5 heteroatoms. The normalized spacial score (nSPS) is 17.7. The molecule has 2 rings (SSSR count). The Hall–Kier alpha value is -1.88. The molecule has 114 valence electrons. The molecule has 1 aliphatic rings. The van der Waals surface area contributed by atoms with Gasteiger partial charge >= 0.3 is 0 Å². The van der Waals surface area contributed by atoms with Gasteiger partial charge in [0.15, 0.2) is 0 Å². The summed E-state index contributed by atoms with van der Waals surface area (Å²) in [5.74, 6) is -0.0291. The molecule has 1 unspecified atom stereocenters. The maximum Gasteiger partial charge on any atom is 0.244 e.